The fourth-order valence-electron chi connectivity index (χ4n) is 1.57. The van der Waals surface area contributed by atoms with Gasteiger partial charge in [0.05, 0.1) is 22.1 Å². The van der Waals surface area contributed by atoms with Crippen LogP contribution >= 0.6 is 22.9 Å². The lowest BCUT2D eigenvalue weighted by Crippen LogP contribution is -1.87. The molecule has 80 valence electrons. The van der Waals surface area contributed by atoms with Gasteiger partial charge in [-0.1, -0.05) is 0 Å². The van der Waals surface area contributed by atoms with Crippen LogP contribution in [-0.4, -0.2) is 19.7 Å². The second-order valence-corrected chi connectivity index (χ2v) is 4.63. The molecular weight excluding hydrogens is 244 g/mol. The minimum absolute atomic E-state index is 0.268. The molecule has 4 nitrogen and oxygen atoms in total. The summed E-state index contributed by atoms with van der Waals surface area (Å²) >= 11 is 7.50. The Hall–Kier alpha value is -1.46. The molecule has 0 saturated heterocycles. The quantitative estimate of drug-likeness (QED) is 0.624. The van der Waals surface area contributed by atoms with Crippen molar-refractivity contribution >= 4 is 33.2 Å². The molecule has 0 aliphatic rings. The predicted octanol–water partition coefficient (Wildman–Crippen LogP) is 2.75. The van der Waals surface area contributed by atoms with E-state index in [4.69, 9.17) is 11.6 Å². The third kappa shape index (κ3) is 1.48. The lowest BCUT2D eigenvalue weighted by atomic mass is 10.2. The first kappa shape index (κ1) is 9.74. The third-order valence-electron chi connectivity index (χ3n) is 2.25. The molecule has 3 rings (SSSR count). The average molecular weight is 251 g/mol. The minimum atomic E-state index is 0.268. The number of fused-ring (bicyclic) bond motifs is 1. The lowest BCUT2D eigenvalue weighted by molar-refractivity contribution is 0.768. The highest BCUT2D eigenvalue weighted by molar-refractivity contribution is 7.17. The Labute approximate surface area is 101 Å². The molecule has 6 heteroatoms. The molecule has 0 aliphatic carbocycles. The predicted molar refractivity (Wildman–Crippen MR) is 64.6 cm³/mol. The van der Waals surface area contributed by atoms with Crippen molar-refractivity contribution < 1.29 is 0 Å². The van der Waals surface area contributed by atoms with Crippen LogP contribution in [0.3, 0.4) is 0 Å². The Morgan fingerprint density at radius 1 is 1.38 bits per heavy atom. The van der Waals surface area contributed by atoms with Gasteiger partial charge in [-0.2, -0.15) is 5.10 Å². The van der Waals surface area contributed by atoms with Crippen LogP contribution in [0, 0.1) is 0 Å². The summed E-state index contributed by atoms with van der Waals surface area (Å²) in [4.78, 5) is 8.43. The summed E-state index contributed by atoms with van der Waals surface area (Å²) in [5.74, 6) is 0. The summed E-state index contributed by atoms with van der Waals surface area (Å²) in [6.45, 7) is 0. The molecule has 0 radical (unpaired) electrons. The van der Waals surface area contributed by atoms with Crippen LogP contribution in [0.5, 0.6) is 0 Å². The zero-order valence-corrected chi connectivity index (χ0v) is 9.96. The van der Waals surface area contributed by atoms with Gasteiger partial charge < -0.3 is 0 Å². The van der Waals surface area contributed by atoms with E-state index in [1.807, 2.05) is 24.7 Å². The van der Waals surface area contributed by atoms with Crippen LogP contribution in [0.1, 0.15) is 0 Å². The summed E-state index contributed by atoms with van der Waals surface area (Å²) in [6, 6.07) is 1.94. The standard InChI is InChI=1S/C10H7ClN4S/c1-15-5-6(4-12-15)8-9-7(2-3-16-9)13-10(11)14-8/h2-5H,1H3. The minimum Gasteiger partial charge on any atom is -0.275 e. The number of aromatic nitrogens is 4. The molecule has 0 unspecified atom stereocenters. The molecule has 3 heterocycles. The zero-order valence-electron chi connectivity index (χ0n) is 8.38. The van der Waals surface area contributed by atoms with Gasteiger partial charge in [-0.05, 0) is 23.0 Å². The first-order valence-corrected chi connectivity index (χ1v) is 5.89. The molecule has 0 amide bonds. The van der Waals surface area contributed by atoms with E-state index in [1.54, 1.807) is 22.2 Å². The van der Waals surface area contributed by atoms with Crippen molar-refractivity contribution in [2.45, 2.75) is 0 Å². The van der Waals surface area contributed by atoms with Crippen molar-refractivity contribution in [1.29, 1.82) is 0 Å². The van der Waals surface area contributed by atoms with Gasteiger partial charge in [-0.25, -0.2) is 9.97 Å². The Balaban J connectivity index is 2.33. The van der Waals surface area contributed by atoms with Gasteiger partial charge in [0, 0.05) is 18.8 Å². The summed E-state index contributed by atoms with van der Waals surface area (Å²) in [5.41, 5.74) is 2.68. The number of rotatable bonds is 1. The molecule has 0 fully saturated rings. The largest absolute Gasteiger partial charge is 0.275 e. The van der Waals surface area contributed by atoms with Crippen LogP contribution in [0.15, 0.2) is 23.8 Å². The summed E-state index contributed by atoms with van der Waals surface area (Å²) < 4.78 is 2.78. The first-order valence-electron chi connectivity index (χ1n) is 4.64. The van der Waals surface area contributed by atoms with Gasteiger partial charge in [0.2, 0.25) is 5.28 Å². The molecule has 0 spiro atoms. The summed E-state index contributed by atoms with van der Waals surface area (Å²) in [6.07, 6.45) is 3.69. The van der Waals surface area contributed by atoms with E-state index in [2.05, 4.69) is 15.1 Å². The van der Waals surface area contributed by atoms with E-state index in [0.717, 1.165) is 21.5 Å². The SMILES string of the molecule is Cn1cc(-c2nc(Cl)nc3ccsc23)cn1. The second kappa shape index (κ2) is 3.54. The van der Waals surface area contributed by atoms with E-state index < -0.39 is 0 Å². The lowest BCUT2D eigenvalue weighted by Gasteiger charge is -1.99. The molecule has 3 aromatic rings. The van der Waals surface area contributed by atoms with Gasteiger partial charge in [0.15, 0.2) is 0 Å². The van der Waals surface area contributed by atoms with Gasteiger partial charge in [-0.15, -0.1) is 11.3 Å². The number of halogens is 1. The monoisotopic (exact) mass is 250 g/mol. The van der Waals surface area contributed by atoms with E-state index >= 15 is 0 Å². The Bertz CT molecular complexity index is 658. The molecule has 0 aliphatic heterocycles. The highest BCUT2D eigenvalue weighted by Crippen LogP contribution is 2.30. The van der Waals surface area contributed by atoms with Gasteiger partial charge >= 0.3 is 0 Å². The van der Waals surface area contributed by atoms with Crippen molar-refractivity contribution in [3.05, 3.63) is 29.1 Å². The fraction of sp³-hybridized carbons (Fsp3) is 0.100. The first-order chi connectivity index (χ1) is 7.74. The molecule has 16 heavy (non-hydrogen) atoms. The summed E-state index contributed by atoms with van der Waals surface area (Å²) in [5, 5.41) is 6.38. The van der Waals surface area contributed by atoms with Crippen molar-refractivity contribution in [3.63, 3.8) is 0 Å². The highest BCUT2D eigenvalue weighted by atomic mass is 35.5. The van der Waals surface area contributed by atoms with E-state index in [9.17, 15) is 0 Å². The Morgan fingerprint density at radius 3 is 3.00 bits per heavy atom. The number of hydrogen-bond donors (Lipinski definition) is 0. The van der Waals surface area contributed by atoms with Crippen molar-refractivity contribution in [2.75, 3.05) is 0 Å². The van der Waals surface area contributed by atoms with Gasteiger partial charge in [-0.3, -0.25) is 4.68 Å². The van der Waals surface area contributed by atoms with Crippen molar-refractivity contribution in [1.82, 2.24) is 19.7 Å². The zero-order chi connectivity index (χ0) is 11.1. The van der Waals surface area contributed by atoms with Crippen LogP contribution in [0.25, 0.3) is 21.5 Å². The van der Waals surface area contributed by atoms with E-state index in [0.29, 0.717) is 0 Å². The molecule has 0 N–H and O–H groups in total. The molecule has 0 saturated carbocycles. The Morgan fingerprint density at radius 2 is 2.25 bits per heavy atom. The van der Waals surface area contributed by atoms with Crippen LogP contribution in [0.2, 0.25) is 5.28 Å². The number of aryl methyl sites for hydroxylation is 1. The average Bonchev–Trinajstić information content (AvgIpc) is 2.84. The van der Waals surface area contributed by atoms with E-state index in [-0.39, 0.29) is 5.28 Å². The molecular formula is C10H7ClN4S. The number of hydrogen-bond acceptors (Lipinski definition) is 4. The maximum atomic E-state index is 5.89. The highest BCUT2D eigenvalue weighted by Gasteiger charge is 2.11. The molecule has 3 aromatic heterocycles. The maximum absolute atomic E-state index is 5.89. The van der Waals surface area contributed by atoms with Crippen LogP contribution in [0.4, 0.5) is 0 Å². The van der Waals surface area contributed by atoms with Gasteiger partial charge in [0.25, 0.3) is 0 Å². The number of nitrogens with zero attached hydrogens (tertiary/aromatic N) is 4. The summed E-state index contributed by atoms with van der Waals surface area (Å²) in [7, 11) is 1.87. The normalized spacial score (nSPS) is 11.1. The molecule has 0 atom stereocenters. The molecule has 0 aromatic carbocycles. The smallest absolute Gasteiger partial charge is 0.223 e. The Kier molecular flexibility index (Phi) is 2.15. The van der Waals surface area contributed by atoms with Crippen molar-refractivity contribution in [3.8, 4) is 11.3 Å². The maximum Gasteiger partial charge on any atom is 0.223 e. The van der Waals surface area contributed by atoms with E-state index in [1.165, 1.54) is 0 Å². The third-order valence-corrected chi connectivity index (χ3v) is 3.33. The molecule has 0 bridgehead atoms. The van der Waals surface area contributed by atoms with Crippen LogP contribution < -0.4 is 0 Å². The van der Waals surface area contributed by atoms with Gasteiger partial charge in [0.1, 0.15) is 0 Å². The fourth-order valence-corrected chi connectivity index (χ4v) is 2.59. The van der Waals surface area contributed by atoms with Crippen molar-refractivity contribution in [2.24, 2.45) is 7.05 Å². The number of thiophene rings is 1. The second-order valence-electron chi connectivity index (χ2n) is 3.38. The topological polar surface area (TPSA) is 43.6 Å². The van der Waals surface area contributed by atoms with Crippen LogP contribution in [-0.2, 0) is 7.05 Å².